The van der Waals surface area contributed by atoms with E-state index in [2.05, 4.69) is 5.32 Å². The third kappa shape index (κ3) is 4.91. The highest BCUT2D eigenvalue weighted by Crippen LogP contribution is 2.28. The minimum atomic E-state index is -1.11. The molecule has 0 bridgehead atoms. The van der Waals surface area contributed by atoms with Crippen molar-refractivity contribution in [3.63, 3.8) is 0 Å². The van der Waals surface area contributed by atoms with Crippen LogP contribution in [0.15, 0.2) is 58.3 Å². The molecule has 0 saturated heterocycles. The van der Waals surface area contributed by atoms with Gasteiger partial charge in [-0.05, 0) is 61.7 Å². The Bertz CT molecular complexity index is 887. The number of hydrogen-bond donors (Lipinski definition) is 2. The van der Waals surface area contributed by atoms with Crippen LogP contribution in [-0.4, -0.2) is 23.2 Å². The summed E-state index contributed by atoms with van der Waals surface area (Å²) in [5.74, 6) is 1.28. The van der Waals surface area contributed by atoms with Gasteiger partial charge >= 0.3 is 0 Å². The fraction of sp³-hybridized carbons (Fsp3) is 0.250. The number of halogens is 1. The van der Waals surface area contributed by atoms with Gasteiger partial charge in [-0.25, -0.2) is 0 Å². The average Bonchev–Trinajstić information content (AvgIpc) is 3.32. The maximum absolute atomic E-state index is 12.5. The number of rotatable bonds is 7. The molecule has 3 aromatic rings. The van der Waals surface area contributed by atoms with E-state index in [0.717, 1.165) is 4.88 Å². The lowest BCUT2D eigenvalue weighted by Crippen LogP contribution is -2.47. The van der Waals surface area contributed by atoms with Gasteiger partial charge in [-0.2, -0.15) is 0 Å². The Morgan fingerprint density at radius 2 is 2.00 bits per heavy atom. The number of aliphatic hydroxyl groups excluding tert-OH is 1. The number of aliphatic hydroxyl groups is 1. The number of nitrogens with one attached hydrogen (secondary N) is 1. The molecule has 0 spiro atoms. The van der Waals surface area contributed by atoms with Crippen molar-refractivity contribution in [2.45, 2.75) is 25.6 Å². The molecule has 27 heavy (non-hydrogen) atoms. The van der Waals surface area contributed by atoms with Crippen LogP contribution in [0.5, 0.6) is 5.75 Å². The first-order valence-electron chi connectivity index (χ1n) is 8.40. The van der Waals surface area contributed by atoms with Gasteiger partial charge in [0.2, 0.25) is 0 Å². The van der Waals surface area contributed by atoms with Gasteiger partial charge < -0.3 is 19.6 Å². The summed E-state index contributed by atoms with van der Waals surface area (Å²) < 4.78 is 11.4. The monoisotopic (exact) mass is 405 g/mol. The van der Waals surface area contributed by atoms with E-state index in [-0.39, 0.29) is 12.5 Å². The van der Waals surface area contributed by atoms with Crippen LogP contribution < -0.4 is 10.1 Å². The molecule has 0 aliphatic rings. The SMILES string of the molecule is CC(C)(Oc1ccc(Cl)cc1)C(=O)NCC(O)c1ccc(-c2cccs2)o1. The molecule has 2 N–H and O–H groups in total. The topological polar surface area (TPSA) is 71.7 Å². The summed E-state index contributed by atoms with van der Waals surface area (Å²) in [7, 11) is 0. The minimum Gasteiger partial charge on any atom is -0.478 e. The number of carbonyl (C=O) groups excluding carboxylic acids is 1. The van der Waals surface area contributed by atoms with Crippen LogP contribution >= 0.6 is 22.9 Å². The summed E-state index contributed by atoms with van der Waals surface area (Å²) in [4.78, 5) is 13.4. The summed E-state index contributed by atoms with van der Waals surface area (Å²) in [5.41, 5.74) is -1.11. The summed E-state index contributed by atoms with van der Waals surface area (Å²) >= 11 is 7.41. The van der Waals surface area contributed by atoms with Crippen molar-refractivity contribution in [3.05, 3.63) is 64.7 Å². The van der Waals surface area contributed by atoms with Crippen LogP contribution in [0.25, 0.3) is 10.6 Å². The van der Waals surface area contributed by atoms with E-state index in [1.807, 2.05) is 17.5 Å². The molecule has 0 saturated carbocycles. The molecule has 7 heteroatoms. The summed E-state index contributed by atoms with van der Waals surface area (Å²) in [6.07, 6.45) is -0.950. The first-order valence-corrected chi connectivity index (χ1v) is 9.65. The lowest BCUT2D eigenvalue weighted by molar-refractivity contribution is -0.134. The van der Waals surface area contributed by atoms with Gasteiger partial charge in [0.25, 0.3) is 5.91 Å². The van der Waals surface area contributed by atoms with Crippen LogP contribution in [-0.2, 0) is 4.79 Å². The lowest BCUT2D eigenvalue weighted by Gasteiger charge is -2.25. The zero-order chi connectivity index (χ0) is 19.4. The molecular weight excluding hydrogens is 386 g/mol. The average molecular weight is 406 g/mol. The molecule has 142 valence electrons. The molecule has 2 aromatic heterocycles. The predicted octanol–water partition coefficient (Wildman–Crippen LogP) is 4.67. The third-order valence-electron chi connectivity index (χ3n) is 3.91. The number of furan rings is 1. The van der Waals surface area contributed by atoms with E-state index in [0.29, 0.717) is 22.3 Å². The Kier molecular flexibility index (Phi) is 5.89. The molecule has 0 radical (unpaired) electrons. The van der Waals surface area contributed by atoms with Crippen LogP contribution in [0.3, 0.4) is 0 Å². The van der Waals surface area contributed by atoms with Gasteiger partial charge in [-0.3, -0.25) is 4.79 Å². The van der Waals surface area contributed by atoms with Crippen LogP contribution in [0.2, 0.25) is 5.02 Å². The van der Waals surface area contributed by atoms with Crippen molar-refractivity contribution in [3.8, 4) is 16.4 Å². The predicted molar refractivity (Wildman–Crippen MR) is 106 cm³/mol. The van der Waals surface area contributed by atoms with E-state index in [1.54, 1.807) is 61.6 Å². The first-order chi connectivity index (χ1) is 12.8. The van der Waals surface area contributed by atoms with Crippen molar-refractivity contribution in [2.24, 2.45) is 0 Å². The Hall–Kier alpha value is -2.28. The Labute approximate surface area is 166 Å². The third-order valence-corrected chi connectivity index (χ3v) is 5.05. The molecule has 1 aromatic carbocycles. The number of amides is 1. The Morgan fingerprint density at radius 1 is 1.26 bits per heavy atom. The molecule has 1 unspecified atom stereocenters. The van der Waals surface area contributed by atoms with Gasteiger partial charge in [-0.15, -0.1) is 11.3 Å². The molecule has 2 heterocycles. The van der Waals surface area contributed by atoms with Crippen LogP contribution in [0.4, 0.5) is 0 Å². The first kappa shape index (κ1) is 19.5. The maximum Gasteiger partial charge on any atom is 0.263 e. The smallest absolute Gasteiger partial charge is 0.263 e. The highest BCUT2D eigenvalue weighted by Gasteiger charge is 2.30. The number of ether oxygens (including phenoxy) is 1. The number of carbonyl (C=O) groups is 1. The lowest BCUT2D eigenvalue weighted by atomic mass is 10.1. The fourth-order valence-corrected chi connectivity index (χ4v) is 3.24. The number of hydrogen-bond acceptors (Lipinski definition) is 5. The summed E-state index contributed by atoms with van der Waals surface area (Å²) in [5, 5.41) is 15.6. The summed E-state index contributed by atoms with van der Waals surface area (Å²) in [6.45, 7) is 3.33. The highest BCUT2D eigenvalue weighted by molar-refractivity contribution is 7.13. The van der Waals surface area contributed by atoms with E-state index in [1.165, 1.54) is 0 Å². The Balaban J connectivity index is 1.56. The zero-order valence-corrected chi connectivity index (χ0v) is 16.5. The molecule has 1 amide bonds. The van der Waals surface area contributed by atoms with E-state index in [4.69, 9.17) is 20.8 Å². The van der Waals surface area contributed by atoms with Gasteiger partial charge in [0.1, 0.15) is 23.4 Å². The fourth-order valence-electron chi connectivity index (χ4n) is 2.43. The van der Waals surface area contributed by atoms with Crippen molar-refractivity contribution < 1.29 is 19.1 Å². The summed E-state index contributed by atoms with van der Waals surface area (Å²) in [6, 6.07) is 14.2. The van der Waals surface area contributed by atoms with Gasteiger partial charge in [0, 0.05) is 5.02 Å². The molecule has 0 aliphatic carbocycles. The minimum absolute atomic E-state index is 0.0175. The number of benzene rings is 1. The second-order valence-electron chi connectivity index (χ2n) is 6.47. The number of thiophene rings is 1. The molecule has 0 aliphatic heterocycles. The van der Waals surface area contributed by atoms with Gasteiger partial charge in [-0.1, -0.05) is 17.7 Å². The quantitative estimate of drug-likeness (QED) is 0.599. The van der Waals surface area contributed by atoms with Gasteiger partial charge in [0.05, 0.1) is 11.4 Å². The largest absolute Gasteiger partial charge is 0.478 e. The van der Waals surface area contributed by atoms with Crippen molar-refractivity contribution in [1.82, 2.24) is 5.32 Å². The van der Waals surface area contributed by atoms with Crippen molar-refractivity contribution >= 4 is 28.8 Å². The molecule has 3 rings (SSSR count). The standard InChI is InChI=1S/C20H20ClNO4S/c1-20(2,26-14-7-5-13(21)6-8-14)19(24)22-12-15(23)16-9-10-17(25-16)18-4-3-11-27-18/h3-11,15,23H,12H2,1-2H3,(H,22,24). The molecule has 0 fully saturated rings. The van der Waals surface area contributed by atoms with Crippen molar-refractivity contribution in [2.75, 3.05) is 6.54 Å². The molecule has 5 nitrogen and oxygen atoms in total. The Morgan fingerprint density at radius 3 is 2.67 bits per heavy atom. The van der Waals surface area contributed by atoms with Crippen molar-refractivity contribution in [1.29, 1.82) is 0 Å². The van der Waals surface area contributed by atoms with E-state index >= 15 is 0 Å². The van der Waals surface area contributed by atoms with E-state index in [9.17, 15) is 9.90 Å². The normalized spacial score (nSPS) is 12.6. The second-order valence-corrected chi connectivity index (χ2v) is 7.86. The highest BCUT2D eigenvalue weighted by atomic mass is 35.5. The van der Waals surface area contributed by atoms with Gasteiger partial charge in [0.15, 0.2) is 5.60 Å². The maximum atomic E-state index is 12.5. The van der Waals surface area contributed by atoms with Crippen LogP contribution in [0.1, 0.15) is 25.7 Å². The molecular formula is C20H20ClNO4S. The molecule has 1 atom stereocenters. The zero-order valence-electron chi connectivity index (χ0n) is 14.9. The second kappa shape index (κ2) is 8.17. The van der Waals surface area contributed by atoms with E-state index < -0.39 is 11.7 Å². The van der Waals surface area contributed by atoms with Crippen LogP contribution in [0, 0.1) is 0 Å².